The van der Waals surface area contributed by atoms with Crippen LogP contribution >= 0.6 is 0 Å². The summed E-state index contributed by atoms with van der Waals surface area (Å²) in [7, 11) is 0. The van der Waals surface area contributed by atoms with Crippen molar-refractivity contribution >= 4 is 27.6 Å². The molecule has 1 aliphatic heterocycles. The van der Waals surface area contributed by atoms with Crippen LogP contribution in [0.25, 0.3) is 0 Å². The van der Waals surface area contributed by atoms with Gasteiger partial charge in [0.25, 0.3) is 0 Å². The van der Waals surface area contributed by atoms with Crippen molar-refractivity contribution in [3.8, 4) is 0 Å². The van der Waals surface area contributed by atoms with Crippen molar-refractivity contribution in [2.24, 2.45) is 0 Å². The molecule has 1 aromatic carbocycles. The molecule has 1 aliphatic rings. The van der Waals surface area contributed by atoms with Crippen LogP contribution in [0.2, 0.25) is 14.8 Å². The third kappa shape index (κ3) is 2.78. The number of halogens is 4. The van der Waals surface area contributed by atoms with E-state index in [-0.39, 0.29) is 3.58 Å². The molecule has 1 saturated heterocycles. The van der Waals surface area contributed by atoms with Crippen molar-refractivity contribution in [2.75, 3.05) is 18.0 Å². The first-order chi connectivity index (χ1) is 9.25. The van der Waals surface area contributed by atoms with Gasteiger partial charge in [-0.2, -0.15) is 0 Å². The maximum absolute atomic E-state index is 14.2. The van der Waals surface area contributed by atoms with E-state index >= 15 is 0 Å². The fourth-order valence-electron chi connectivity index (χ4n) is 2.67. The summed E-state index contributed by atoms with van der Waals surface area (Å²) in [6, 6.07) is 0. The number of hydrogen-bond donors (Lipinski definition) is 0. The summed E-state index contributed by atoms with van der Waals surface area (Å²) >= 11 is -3.28. The first kappa shape index (κ1) is 15.9. The summed E-state index contributed by atoms with van der Waals surface area (Å²) in [5, 5.41) is 0. The van der Waals surface area contributed by atoms with E-state index in [1.165, 1.54) is 4.90 Å². The van der Waals surface area contributed by atoms with Crippen LogP contribution in [0, 0.1) is 23.3 Å². The second kappa shape index (κ2) is 5.73. The summed E-state index contributed by atoms with van der Waals surface area (Å²) in [6.45, 7) is 0.871. The second-order valence-corrected chi connectivity index (χ2v) is 20.5. The van der Waals surface area contributed by atoms with Crippen LogP contribution in [0.1, 0.15) is 19.3 Å². The van der Waals surface area contributed by atoms with E-state index in [0.29, 0.717) is 13.1 Å². The topological polar surface area (TPSA) is 3.24 Å². The average molecular weight is 396 g/mol. The van der Waals surface area contributed by atoms with Crippen LogP contribution in [-0.4, -0.2) is 31.5 Å². The second-order valence-electron chi connectivity index (χ2n) is 6.28. The molecule has 1 aromatic rings. The van der Waals surface area contributed by atoms with E-state index in [4.69, 9.17) is 0 Å². The zero-order chi connectivity index (χ0) is 15.1. The molecule has 0 aromatic heterocycles. The monoisotopic (exact) mass is 397 g/mol. The Balaban J connectivity index is 2.61. The molecule has 1 nitrogen and oxygen atoms in total. The molecule has 6 heteroatoms. The molecule has 0 atom stereocenters. The molecule has 0 unspecified atom stereocenters. The number of nitrogens with zero attached hydrogens (tertiary/aromatic N) is 1. The molecule has 0 aliphatic carbocycles. The number of hydrogen-bond acceptors (Lipinski definition) is 1. The van der Waals surface area contributed by atoms with Gasteiger partial charge in [-0.05, 0) is 0 Å². The predicted molar refractivity (Wildman–Crippen MR) is 75.3 cm³/mol. The Morgan fingerprint density at radius 1 is 0.750 bits per heavy atom. The summed E-state index contributed by atoms with van der Waals surface area (Å²) in [5.74, 6) is -4.83. The molecule has 0 amide bonds. The summed E-state index contributed by atoms with van der Waals surface area (Å²) < 4.78 is 56.5. The fraction of sp³-hybridized carbons (Fsp3) is 0.571. The molecule has 0 spiro atoms. The Hall–Kier alpha value is -0.461. The summed E-state index contributed by atoms with van der Waals surface area (Å²) in [5.41, 5.74) is -0.529. The number of benzene rings is 1. The van der Waals surface area contributed by atoms with Crippen LogP contribution in [0.3, 0.4) is 0 Å². The summed E-state index contributed by atoms with van der Waals surface area (Å²) in [4.78, 5) is 6.61. The molecule has 0 saturated carbocycles. The zero-order valence-corrected chi connectivity index (χ0v) is 14.8. The van der Waals surface area contributed by atoms with Crippen molar-refractivity contribution in [1.29, 1.82) is 0 Å². The normalized spacial score (nSPS) is 16.6. The molecule has 1 fully saturated rings. The van der Waals surface area contributed by atoms with Crippen molar-refractivity contribution in [1.82, 2.24) is 0 Å². The van der Waals surface area contributed by atoms with Gasteiger partial charge in [0.2, 0.25) is 0 Å². The maximum atomic E-state index is 14.2. The number of anilines is 1. The molecule has 20 heavy (non-hydrogen) atoms. The van der Waals surface area contributed by atoms with Crippen LogP contribution < -0.4 is 8.48 Å². The third-order valence-corrected chi connectivity index (χ3v) is 9.20. The molecule has 112 valence electrons. The Morgan fingerprint density at radius 3 is 1.60 bits per heavy atom. The number of piperidine rings is 1. The van der Waals surface area contributed by atoms with E-state index in [1.807, 2.05) is 0 Å². The Bertz CT molecular complexity index is 490. The first-order valence-corrected chi connectivity index (χ1v) is 16.9. The van der Waals surface area contributed by atoms with Crippen molar-refractivity contribution in [3.63, 3.8) is 0 Å². The van der Waals surface area contributed by atoms with Crippen LogP contribution in [0.15, 0.2) is 0 Å². The molecule has 2 rings (SSSR count). The van der Waals surface area contributed by atoms with Gasteiger partial charge in [0.1, 0.15) is 0 Å². The van der Waals surface area contributed by atoms with Crippen LogP contribution in [-0.2, 0) is 0 Å². The minimum atomic E-state index is -3.28. The third-order valence-electron chi connectivity index (χ3n) is 3.66. The quantitative estimate of drug-likeness (QED) is 0.418. The molecule has 0 radical (unpaired) electrons. The van der Waals surface area contributed by atoms with Gasteiger partial charge in [-0.25, -0.2) is 0 Å². The SMILES string of the molecule is [CH3][Sn]([CH3])([CH3])[c]1c(F)c(F)c(N2CCCCC2)c(F)c1F. The minimum absolute atomic E-state index is 0.324. The van der Waals surface area contributed by atoms with Gasteiger partial charge in [-0.1, -0.05) is 0 Å². The molecule has 0 N–H and O–H groups in total. The van der Waals surface area contributed by atoms with Gasteiger partial charge in [-0.15, -0.1) is 0 Å². The summed E-state index contributed by atoms with van der Waals surface area (Å²) in [6.07, 6.45) is 2.53. The van der Waals surface area contributed by atoms with E-state index in [9.17, 15) is 17.6 Å². The van der Waals surface area contributed by atoms with Gasteiger partial charge in [0.15, 0.2) is 0 Å². The first-order valence-electron chi connectivity index (χ1n) is 6.86. The van der Waals surface area contributed by atoms with E-state index < -0.39 is 47.3 Å². The zero-order valence-electron chi connectivity index (χ0n) is 12.0. The standard InChI is InChI=1S/C11H10F4N.3CH3.Sn/c12-7-6-8(13)10(15)11(9(7)14)16-4-2-1-3-5-16;;;;/h1-5H2;3*1H3;. The van der Waals surface area contributed by atoms with Gasteiger partial charge < -0.3 is 0 Å². The van der Waals surface area contributed by atoms with Crippen molar-refractivity contribution in [3.05, 3.63) is 23.3 Å². The van der Waals surface area contributed by atoms with E-state index in [0.717, 1.165) is 19.3 Å². The Kier molecular flexibility index (Phi) is 4.56. The van der Waals surface area contributed by atoms with Crippen molar-refractivity contribution in [2.45, 2.75) is 34.1 Å². The molecule has 1 heterocycles. The van der Waals surface area contributed by atoms with Gasteiger partial charge in [0.05, 0.1) is 0 Å². The Labute approximate surface area is 120 Å². The van der Waals surface area contributed by atoms with Gasteiger partial charge in [0, 0.05) is 0 Å². The van der Waals surface area contributed by atoms with E-state index in [2.05, 4.69) is 0 Å². The van der Waals surface area contributed by atoms with Gasteiger partial charge >= 0.3 is 121 Å². The van der Waals surface area contributed by atoms with Crippen LogP contribution in [0.4, 0.5) is 23.2 Å². The van der Waals surface area contributed by atoms with Crippen LogP contribution in [0.5, 0.6) is 0 Å². The molecule has 0 bridgehead atoms. The van der Waals surface area contributed by atoms with Crippen molar-refractivity contribution < 1.29 is 17.6 Å². The molecular weight excluding hydrogens is 377 g/mol. The van der Waals surface area contributed by atoms with E-state index in [1.54, 1.807) is 14.8 Å². The Morgan fingerprint density at radius 2 is 1.20 bits per heavy atom. The predicted octanol–water partition coefficient (Wildman–Crippen LogP) is 3.78. The van der Waals surface area contributed by atoms with Gasteiger partial charge in [-0.3, -0.25) is 0 Å². The fourth-order valence-corrected chi connectivity index (χ4v) is 7.06. The average Bonchev–Trinajstić information content (AvgIpc) is 2.37. The number of rotatable bonds is 2. The molecular formula is C14H19F4NSn.